The number of nitrogens with two attached hydrogens (primary N) is 2. The summed E-state index contributed by atoms with van der Waals surface area (Å²) >= 11 is 0. The normalized spacial score (nSPS) is 16.3. The predicted octanol–water partition coefficient (Wildman–Crippen LogP) is 1.15. The molecular weight excluding hydrogens is 388 g/mol. The molecule has 7 nitrogen and oxygen atoms in total. The molecule has 1 aliphatic heterocycles. The molecule has 2 aromatic carbocycles. The molecule has 0 fully saturated rings. The monoisotopic (exact) mass is 414 g/mol. The number of amidine groups is 1. The first-order valence-corrected chi connectivity index (χ1v) is 10.8. The quantitative estimate of drug-likeness (QED) is 0.416. The third kappa shape index (κ3) is 4.90. The minimum Gasteiger partial charge on any atom is -0.383 e. The maximum absolute atomic E-state index is 12.8. The van der Waals surface area contributed by atoms with Gasteiger partial charge in [0.05, 0.1) is 10.9 Å². The van der Waals surface area contributed by atoms with Gasteiger partial charge in [-0.2, -0.15) is 8.42 Å². The molecule has 0 saturated heterocycles. The van der Waals surface area contributed by atoms with Crippen LogP contribution in [0, 0.1) is 6.92 Å². The Labute approximate surface area is 171 Å². The average Bonchev–Trinajstić information content (AvgIpc) is 2.68. The van der Waals surface area contributed by atoms with Gasteiger partial charge in [0.15, 0.2) is 0 Å². The number of carbonyl (C=O) groups is 1. The lowest BCUT2D eigenvalue weighted by Gasteiger charge is -2.25. The van der Waals surface area contributed by atoms with Crippen LogP contribution >= 0.6 is 0 Å². The summed E-state index contributed by atoms with van der Waals surface area (Å²) in [6.07, 6.45) is 1.82. The van der Waals surface area contributed by atoms with Crippen molar-refractivity contribution in [3.05, 3.63) is 64.2 Å². The number of hydrogen-bond acceptors (Lipinski definition) is 5. The van der Waals surface area contributed by atoms with E-state index in [1.54, 1.807) is 18.2 Å². The highest BCUT2D eigenvalue weighted by Gasteiger charge is 2.20. The first kappa shape index (κ1) is 21.2. The van der Waals surface area contributed by atoms with Gasteiger partial charge in [-0.1, -0.05) is 18.2 Å². The molecule has 4 N–H and O–H groups in total. The van der Waals surface area contributed by atoms with Crippen molar-refractivity contribution in [3.63, 3.8) is 0 Å². The van der Waals surface area contributed by atoms with E-state index >= 15 is 0 Å². The Morgan fingerprint density at radius 2 is 2.00 bits per heavy atom. The Kier molecular flexibility index (Phi) is 6.16. The lowest BCUT2D eigenvalue weighted by atomic mass is 10.0. The third-order valence-corrected chi connectivity index (χ3v) is 6.41. The number of benzene rings is 2. The highest BCUT2D eigenvalue weighted by molar-refractivity contribution is 7.90. The summed E-state index contributed by atoms with van der Waals surface area (Å²) in [6.45, 7) is 3.51. The van der Waals surface area contributed by atoms with Crippen LogP contribution in [0.1, 0.15) is 27.8 Å². The summed E-state index contributed by atoms with van der Waals surface area (Å²) in [5.41, 5.74) is 16.0. The maximum atomic E-state index is 12.8. The largest absolute Gasteiger partial charge is 0.383 e. The van der Waals surface area contributed by atoms with Crippen LogP contribution in [-0.4, -0.2) is 45.1 Å². The SMILES string of the molecule is Cc1ccc(C[C@H](N)C=O)cc1C(N)=NS(=O)(=O)c1ccc2c(c1)CCN(C)C2. The van der Waals surface area contributed by atoms with E-state index in [-0.39, 0.29) is 10.7 Å². The van der Waals surface area contributed by atoms with Gasteiger partial charge in [0, 0.05) is 18.7 Å². The second-order valence-electron chi connectivity index (χ2n) is 7.52. The van der Waals surface area contributed by atoms with E-state index in [4.69, 9.17) is 11.5 Å². The van der Waals surface area contributed by atoms with Crippen molar-refractivity contribution in [2.75, 3.05) is 13.6 Å². The number of hydrogen-bond donors (Lipinski definition) is 2. The van der Waals surface area contributed by atoms with Gasteiger partial charge in [-0.25, -0.2) is 0 Å². The molecule has 8 heteroatoms. The van der Waals surface area contributed by atoms with Crippen molar-refractivity contribution < 1.29 is 13.2 Å². The molecule has 29 heavy (non-hydrogen) atoms. The number of nitrogens with zero attached hydrogens (tertiary/aromatic N) is 2. The zero-order valence-electron chi connectivity index (χ0n) is 16.6. The number of sulfonamides is 1. The molecule has 1 aliphatic rings. The Balaban J connectivity index is 1.93. The van der Waals surface area contributed by atoms with Crippen LogP contribution in [-0.2, 0) is 34.2 Å². The van der Waals surface area contributed by atoms with Crippen molar-refractivity contribution in [1.29, 1.82) is 0 Å². The first-order valence-electron chi connectivity index (χ1n) is 9.41. The van der Waals surface area contributed by atoms with Crippen LogP contribution in [0.15, 0.2) is 45.7 Å². The smallest absolute Gasteiger partial charge is 0.284 e. The van der Waals surface area contributed by atoms with Crippen LogP contribution in [0.25, 0.3) is 0 Å². The van der Waals surface area contributed by atoms with Crippen LogP contribution in [0.4, 0.5) is 0 Å². The average molecular weight is 415 g/mol. The lowest BCUT2D eigenvalue weighted by molar-refractivity contribution is -0.108. The molecule has 154 valence electrons. The summed E-state index contributed by atoms with van der Waals surface area (Å²) in [5, 5.41) is 0. The van der Waals surface area contributed by atoms with E-state index in [1.165, 1.54) is 0 Å². The minimum atomic E-state index is -3.94. The number of likely N-dealkylation sites (N-methyl/N-ethyl adjacent to an activating group) is 1. The number of carbonyl (C=O) groups excluding carboxylic acids is 1. The van der Waals surface area contributed by atoms with E-state index in [1.807, 2.05) is 32.2 Å². The highest BCUT2D eigenvalue weighted by atomic mass is 32.2. The zero-order chi connectivity index (χ0) is 21.2. The molecule has 2 aromatic rings. The van der Waals surface area contributed by atoms with E-state index in [9.17, 15) is 13.2 Å². The molecular formula is C21H26N4O3S. The van der Waals surface area contributed by atoms with Gasteiger partial charge < -0.3 is 21.2 Å². The number of fused-ring (bicyclic) bond motifs is 1. The van der Waals surface area contributed by atoms with Crippen molar-refractivity contribution in [1.82, 2.24) is 4.90 Å². The van der Waals surface area contributed by atoms with E-state index in [0.29, 0.717) is 18.3 Å². The molecule has 0 amide bonds. The Bertz CT molecular complexity index is 1060. The van der Waals surface area contributed by atoms with Crippen LogP contribution < -0.4 is 11.5 Å². The van der Waals surface area contributed by atoms with Gasteiger partial charge >= 0.3 is 0 Å². The first-order chi connectivity index (χ1) is 13.7. The minimum absolute atomic E-state index is 0.0820. The number of aryl methyl sites for hydroxylation is 1. The maximum Gasteiger partial charge on any atom is 0.284 e. The van der Waals surface area contributed by atoms with Gasteiger partial charge in [0.2, 0.25) is 0 Å². The Hall–Kier alpha value is -2.55. The molecule has 0 aliphatic carbocycles. The van der Waals surface area contributed by atoms with Crippen LogP contribution in [0.3, 0.4) is 0 Å². The molecule has 1 atom stereocenters. The van der Waals surface area contributed by atoms with Crippen LogP contribution in [0.5, 0.6) is 0 Å². The topological polar surface area (TPSA) is 119 Å². The molecule has 0 spiro atoms. The molecule has 0 aromatic heterocycles. The lowest BCUT2D eigenvalue weighted by Crippen LogP contribution is -2.26. The van der Waals surface area contributed by atoms with Gasteiger partial charge in [-0.3, -0.25) is 0 Å². The van der Waals surface area contributed by atoms with Crippen LogP contribution in [0.2, 0.25) is 0 Å². The fourth-order valence-corrected chi connectivity index (χ4v) is 4.45. The van der Waals surface area contributed by atoms with E-state index in [2.05, 4.69) is 9.30 Å². The fourth-order valence-electron chi connectivity index (χ4n) is 3.45. The van der Waals surface area contributed by atoms with Crippen molar-refractivity contribution >= 4 is 22.1 Å². The standard InChI is InChI=1S/C21H26N4O3S/c1-14-3-4-15(9-18(22)13-26)10-20(14)21(23)24-29(27,28)19-6-5-17-12-25(2)8-7-16(17)11-19/h3-6,10-11,13,18H,7-9,12,22H2,1-2H3,(H2,23,24)/t18-/m0/s1. The van der Waals surface area contributed by atoms with E-state index in [0.717, 1.165) is 41.8 Å². The van der Waals surface area contributed by atoms with Gasteiger partial charge in [-0.05, 0) is 67.3 Å². The fraction of sp³-hybridized carbons (Fsp3) is 0.333. The molecule has 0 unspecified atom stereocenters. The summed E-state index contributed by atoms with van der Waals surface area (Å²) in [5.74, 6) is -0.0820. The van der Waals surface area contributed by atoms with Gasteiger partial charge in [-0.15, -0.1) is 4.40 Å². The second kappa shape index (κ2) is 8.44. The van der Waals surface area contributed by atoms with Crippen molar-refractivity contribution in [2.45, 2.75) is 37.2 Å². The molecule has 3 rings (SSSR count). The Morgan fingerprint density at radius 1 is 1.24 bits per heavy atom. The summed E-state index contributed by atoms with van der Waals surface area (Å²) < 4.78 is 29.6. The summed E-state index contributed by atoms with van der Waals surface area (Å²) in [6, 6.07) is 9.88. The second-order valence-corrected chi connectivity index (χ2v) is 9.13. The van der Waals surface area contributed by atoms with Gasteiger partial charge in [0.1, 0.15) is 12.1 Å². The molecule has 0 bridgehead atoms. The Morgan fingerprint density at radius 3 is 2.72 bits per heavy atom. The zero-order valence-corrected chi connectivity index (χ0v) is 17.4. The molecule has 0 saturated carbocycles. The predicted molar refractivity (Wildman–Crippen MR) is 113 cm³/mol. The molecule has 0 radical (unpaired) electrons. The van der Waals surface area contributed by atoms with Crippen molar-refractivity contribution in [3.8, 4) is 0 Å². The third-order valence-electron chi connectivity index (χ3n) is 5.12. The number of aldehydes is 1. The van der Waals surface area contributed by atoms with E-state index < -0.39 is 16.1 Å². The van der Waals surface area contributed by atoms with Crippen molar-refractivity contribution in [2.24, 2.45) is 15.9 Å². The summed E-state index contributed by atoms with van der Waals surface area (Å²) in [7, 11) is -1.90. The molecule has 1 heterocycles. The highest BCUT2D eigenvalue weighted by Crippen LogP contribution is 2.23. The number of rotatable bonds is 6. The van der Waals surface area contributed by atoms with Gasteiger partial charge in [0.25, 0.3) is 10.0 Å². The summed E-state index contributed by atoms with van der Waals surface area (Å²) in [4.78, 5) is 13.1.